The largest absolute Gasteiger partial charge is 0.308 e. The molecular formula is C22H18FN7O. The fourth-order valence-corrected chi connectivity index (χ4v) is 4.61. The molecule has 154 valence electrons. The number of halogens is 1. The van der Waals surface area contributed by atoms with Crippen LogP contribution >= 0.6 is 0 Å². The van der Waals surface area contributed by atoms with Gasteiger partial charge in [-0.1, -0.05) is 32.0 Å². The Kier molecular flexibility index (Phi) is 3.44. The van der Waals surface area contributed by atoms with Gasteiger partial charge in [-0.3, -0.25) is 4.79 Å². The minimum absolute atomic E-state index is 0.0805. The van der Waals surface area contributed by atoms with Crippen LogP contribution in [0, 0.1) is 11.2 Å². The number of carbonyl (C=O) groups excluding carboxylic acids is 1. The summed E-state index contributed by atoms with van der Waals surface area (Å²) in [6.07, 6.45) is 2.38. The highest BCUT2D eigenvalue weighted by molar-refractivity contribution is 6.08. The van der Waals surface area contributed by atoms with Crippen molar-refractivity contribution >= 4 is 22.8 Å². The van der Waals surface area contributed by atoms with E-state index >= 15 is 0 Å². The molecule has 1 unspecified atom stereocenters. The van der Waals surface area contributed by atoms with Crippen LogP contribution in [0.4, 0.5) is 10.2 Å². The lowest BCUT2D eigenvalue weighted by atomic mass is 9.94. The molecule has 2 aliphatic rings. The normalized spacial score (nSPS) is 20.8. The van der Waals surface area contributed by atoms with Crippen LogP contribution in [-0.4, -0.2) is 35.9 Å². The Hall–Kier alpha value is -3.75. The van der Waals surface area contributed by atoms with Crippen molar-refractivity contribution in [3.05, 3.63) is 59.7 Å². The number of benzene rings is 1. The Labute approximate surface area is 176 Å². The molecule has 0 saturated heterocycles. The molecule has 8 nitrogen and oxygen atoms in total. The Bertz CT molecular complexity index is 1400. The Balaban J connectivity index is 1.46. The fourth-order valence-electron chi connectivity index (χ4n) is 4.61. The molecule has 4 heterocycles. The van der Waals surface area contributed by atoms with Gasteiger partial charge in [-0.15, -0.1) is 10.2 Å². The number of nitrogens with zero attached hydrogens (tertiary/aromatic N) is 6. The molecular weight excluding hydrogens is 397 g/mol. The lowest BCUT2D eigenvalue weighted by Crippen LogP contribution is -2.25. The summed E-state index contributed by atoms with van der Waals surface area (Å²) >= 11 is 0. The van der Waals surface area contributed by atoms with Gasteiger partial charge in [0, 0.05) is 11.8 Å². The van der Waals surface area contributed by atoms with Crippen LogP contribution in [0.3, 0.4) is 0 Å². The molecule has 1 aromatic carbocycles. The molecule has 1 aliphatic carbocycles. The van der Waals surface area contributed by atoms with E-state index in [9.17, 15) is 9.18 Å². The number of fused-ring (bicyclic) bond motifs is 3. The number of aromatic nitrogens is 6. The second-order valence-electron chi connectivity index (χ2n) is 8.72. The summed E-state index contributed by atoms with van der Waals surface area (Å²) in [5.74, 6) is 0.336. The standard InChI is InChI=1S/C22H18FN7O/c1-21(2)11-22(21)16-18(26-20(22)31)25-17(28-27-16)15-13-7-5-9-24-19(13)30(29-15)10-12-6-3-4-8-14(12)23/h3-9H,10-11H2,1-2H3,(H,25,26,28,31). The van der Waals surface area contributed by atoms with E-state index in [0.29, 0.717) is 34.2 Å². The number of hydrogen-bond acceptors (Lipinski definition) is 6. The van der Waals surface area contributed by atoms with Crippen LogP contribution in [0.2, 0.25) is 0 Å². The lowest BCUT2D eigenvalue weighted by molar-refractivity contribution is -0.118. The second-order valence-corrected chi connectivity index (χ2v) is 8.72. The maximum Gasteiger partial charge on any atom is 0.238 e. The Morgan fingerprint density at radius 3 is 2.74 bits per heavy atom. The van der Waals surface area contributed by atoms with Crippen LogP contribution in [0.15, 0.2) is 42.6 Å². The quantitative estimate of drug-likeness (QED) is 0.552. The van der Waals surface area contributed by atoms with Crippen molar-refractivity contribution in [3.63, 3.8) is 0 Å². The van der Waals surface area contributed by atoms with Crippen molar-refractivity contribution in [2.24, 2.45) is 5.41 Å². The highest BCUT2D eigenvalue weighted by atomic mass is 19.1. The number of anilines is 1. The summed E-state index contributed by atoms with van der Waals surface area (Å²) < 4.78 is 15.8. The van der Waals surface area contributed by atoms with E-state index in [1.807, 2.05) is 19.9 Å². The van der Waals surface area contributed by atoms with Crippen LogP contribution < -0.4 is 5.32 Å². The smallest absolute Gasteiger partial charge is 0.238 e. The summed E-state index contributed by atoms with van der Waals surface area (Å²) in [4.78, 5) is 21.6. The molecule has 4 aromatic rings. The van der Waals surface area contributed by atoms with Crippen LogP contribution in [-0.2, 0) is 16.8 Å². The van der Waals surface area contributed by atoms with Gasteiger partial charge in [0.25, 0.3) is 0 Å². The molecule has 31 heavy (non-hydrogen) atoms. The SMILES string of the molecule is CC1(C)CC12C(=O)Nc1nc(-c3nn(Cc4ccccc4F)c4ncccc34)nnc12. The van der Waals surface area contributed by atoms with Crippen LogP contribution in [0.1, 0.15) is 31.5 Å². The summed E-state index contributed by atoms with van der Waals surface area (Å²) in [6, 6.07) is 10.2. The van der Waals surface area contributed by atoms with Gasteiger partial charge in [0.05, 0.1) is 11.9 Å². The first-order valence-corrected chi connectivity index (χ1v) is 10.0. The van der Waals surface area contributed by atoms with E-state index in [-0.39, 0.29) is 23.7 Å². The monoisotopic (exact) mass is 415 g/mol. The first-order valence-electron chi connectivity index (χ1n) is 10.0. The van der Waals surface area contributed by atoms with Crippen molar-refractivity contribution < 1.29 is 9.18 Å². The van der Waals surface area contributed by atoms with Gasteiger partial charge in [0.15, 0.2) is 11.5 Å². The van der Waals surface area contributed by atoms with E-state index in [0.717, 1.165) is 11.8 Å². The van der Waals surface area contributed by atoms with Gasteiger partial charge in [-0.05, 0) is 30.0 Å². The fraction of sp³-hybridized carbons (Fsp3) is 0.273. The minimum Gasteiger partial charge on any atom is -0.308 e. The van der Waals surface area contributed by atoms with E-state index in [1.54, 1.807) is 35.1 Å². The third kappa shape index (κ3) is 2.40. The van der Waals surface area contributed by atoms with Gasteiger partial charge >= 0.3 is 0 Å². The van der Waals surface area contributed by atoms with Crippen molar-refractivity contribution in [2.45, 2.75) is 32.2 Å². The third-order valence-electron chi connectivity index (χ3n) is 6.44. The van der Waals surface area contributed by atoms with Crippen LogP contribution in [0.5, 0.6) is 0 Å². The molecule has 1 atom stereocenters. The number of nitrogens with one attached hydrogen (secondary N) is 1. The van der Waals surface area contributed by atoms with E-state index in [1.165, 1.54) is 6.07 Å². The Morgan fingerprint density at radius 2 is 1.97 bits per heavy atom. The van der Waals surface area contributed by atoms with Gasteiger partial charge in [0.2, 0.25) is 11.7 Å². The topological polar surface area (TPSA) is 98.5 Å². The van der Waals surface area contributed by atoms with Crippen molar-refractivity contribution in [1.29, 1.82) is 0 Å². The number of rotatable bonds is 3. The van der Waals surface area contributed by atoms with Crippen LogP contribution in [0.25, 0.3) is 22.6 Å². The zero-order valence-corrected chi connectivity index (χ0v) is 16.9. The maximum absolute atomic E-state index is 14.2. The van der Waals surface area contributed by atoms with Crippen molar-refractivity contribution in [1.82, 2.24) is 29.9 Å². The number of carbonyl (C=O) groups is 1. The molecule has 1 spiro atoms. The van der Waals surface area contributed by atoms with E-state index < -0.39 is 5.41 Å². The predicted octanol–water partition coefficient (Wildman–Crippen LogP) is 3.09. The number of hydrogen-bond donors (Lipinski definition) is 1. The number of pyridine rings is 1. The first-order chi connectivity index (χ1) is 14.9. The molecule has 1 N–H and O–H groups in total. The maximum atomic E-state index is 14.2. The molecule has 6 rings (SSSR count). The molecule has 0 bridgehead atoms. The molecule has 1 saturated carbocycles. The summed E-state index contributed by atoms with van der Waals surface area (Å²) in [7, 11) is 0. The van der Waals surface area contributed by atoms with E-state index in [2.05, 4.69) is 30.6 Å². The number of amides is 1. The zero-order valence-electron chi connectivity index (χ0n) is 16.9. The Morgan fingerprint density at radius 1 is 1.16 bits per heavy atom. The van der Waals surface area contributed by atoms with Crippen molar-refractivity contribution in [2.75, 3.05) is 5.32 Å². The first kappa shape index (κ1) is 18.1. The predicted molar refractivity (Wildman–Crippen MR) is 111 cm³/mol. The average Bonchev–Trinajstić information content (AvgIpc) is 3.03. The molecule has 1 fully saturated rings. The van der Waals surface area contributed by atoms with Gasteiger partial charge < -0.3 is 5.32 Å². The zero-order chi connectivity index (χ0) is 21.4. The highest BCUT2D eigenvalue weighted by Gasteiger charge is 2.72. The van der Waals surface area contributed by atoms with E-state index in [4.69, 9.17) is 0 Å². The lowest BCUT2D eigenvalue weighted by Gasteiger charge is -2.09. The van der Waals surface area contributed by atoms with Gasteiger partial charge in [-0.25, -0.2) is 19.0 Å². The van der Waals surface area contributed by atoms with Crippen molar-refractivity contribution in [3.8, 4) is 11.5 Å². The third-order valence-corrected chi connectivity index (χ3v) is 6.44. The summed E-state index contributed by atoms with van der Waals surface area (Å²) in [5, 5.41) is 16.9. The summed E-state index contributed by atoms with van der Waals surface area (Å²) in [5.41, 5.74) is 1.36. The molecule has 9 heteroatoms. The van der Waals surface area contributed by atoms with Gasteiger partial charge in [-0.2, -0.15) is 5.10 Å². The minimum atomic E-state index is -0.644. The molecule has 0 radical (unpaired) electrons. The van der Waals surface area contributed by atoms with Gasteiger partial charge in [0.1, 0.15) is 22.6 Å². The molecule has 1 aliphatic heterocycles. The summed E-state index contributed by atoms with van der Waals surface area (Å²) in [6.45, 7) is 4.30. The average molecular weight is 415 g/mol. The second kappa shape index (κ2) is 5.90. The highest BCUT2D eigenvalue weighted by Crippen LogP contribution is 2.67. The molecule has 1 amide bonds. The molecule has 3 aromatic heterocycles.